The van der Waals surface area contributed by atoms with Crippen molar-refractivity contribution in [2.75, 3.05) is 32.9 Å². The highest BCUT2D eigenvalue weighted by atomic mass is 32.2. The van der Waals surface area contributed by atoms with Crippen molar-refractivity contribution in [2.24, 2.45) is 4.99 Å². The Morgan fingerprint density at radius 3 is 2.81 bits per heavy atom. The molecule has 1 saturated heterocycles. The summed E-state index contributed by atoms with van der Waals surface area (Å²) in [6.45, 7) is 7.41. The number of fused-ring (bicyclic) bond motifs is 1. The number of nitrogens with zero attached hydrogens (tertiary/aromatic N) is 3. The fourth-order valence-corrected chi connectivity index (χ4v) is 4.88. The lowest BCUT2D eigenvalue weighted by atomic mass is 9.93. The molecule has 0 aromatic heterocycles. The third-order valence-corrected chi connectivity index (χ3v) is 6.34. The van der Waals surface area contributed by atoms with E-state index in [0.717, 1.165) is 0 Å². The summed E-state index contributed by atoms with van der Waals surface area (Å²) in [5.74, 6) is -1.08. The maximum Gasteiger partial charge on any atom is 0.338 e. The Kier molecular flexibility index (Phi) is 6.76. The van der Waals surface area contributed by atoms with E-state index in [4.69, 9.17) is 9.47 Å². The third kappa shape index (κ3) is 4.35. The van der Waals surface area contributed by atoms with Crippen LogP contribution >= 0.6 is 11.8 Å². The number of aliphatic imine (C=N–C) groups is 1. The monoisotopic (exact) mass is 457 g/mol. The second kappa shape index (κ2) is 9.70. The van der Waals surface area contributed by atoms with E-state index in [9.17, 15) is 14.0 Å². The molecule has 9 heteroatoms. The highest BCUT2D eigenvalue weighted by molar-refractivity contribution is 8.16. The van der Waals surface area contributed by atoms with E-state index in [-0.39, 0.29) is 24.5 Å². The number of amidine groups is 1. The number of rotatable bonds is 6. The minimum absolute atomic E-state index is 0.0309. The van der Waals surface area contributed by atoms with Crippen molar-refractivity contribution in [3.05, 3.63) is 70.7 Å². The maximum atomic E-state index is 15.0. The van der Waals surface area contributed by atoms with Crippen LogP contribution < -0.4 is 0 Å². The van der Waals surface area contributed by atoms with Gasteiger partial charge in [-0.3, -0.25) is 4.79 Å². The first kappa shape index (κ1) is 22.3. The van der Waals surface area contributed by atoms with Gasteiger partial charge in [-0.25, -0.2) is 14.2 Å². The van der Waals surface area contributed by atoms with E-state index >= 15 is 0 Å². The Morgan fingerprint density at radius 2 is 2.09 bits per heavy atom. The Bertz CT molecular complexity index is 1030. The van der Waals surface area contributed by atoms with Crippen molar-refractivity contribution in [2.45, 2.75) is 19.4 Å². The number of hydrogen-bond acceptors (Lipinski definition) is 7. The van der Waals surface area contributed by atoms with Crippen LogP contribution in [0.2, 0.25) is 0 Å². The van der Waals surface area contributed by atoms with Gasteiger partial charge in [0, 0.05) is 24.4 Å². The predicted octanol–water partition coefficient (Wildman–Crippen LogP) is 3.38. The summed E-state index contributed by atoms with van der Waals surface area (Å²) in [6.07, 6.45) is 1.59. The first-order chi connectivity index (χ1) is 15.5. The standard InChI is InChI=1S/C23H24FN3O4S/c1-3-10-31-22(29)20-15(2)25-23-27(21(20)17-6-4-5-7-18(17)24)16(14-32-23)13-19(28)26-8-11-30-12-9-26/h3-7,14,21H,1,8-13H2,2H3. The second-order valence-corrected chi connectivity index (χ2v) is 8.31. The van der Waals surface area contributed by atoms with E-state index in [2.05, 4.69) is 11.6 Å². The second-order valence-electron chi connectivity index (χ2n) is 7.47. The molecule has 1 atom stereocenters. The minimum Gasteiger partial charge on any atom is -0.458 e. The van der Waals surface area contributed by atoms with Gasteiger partial charge in [-0.1, -0.05) is 42.6 Å². The molecule has 0 saturated carbocycles. The summed E-state index contributed by atoms with van der Waals surface area (Å²) in [4.78, 5) is 34.0. The topological polar surface area (TPSA) is 71.4 Å². The van der Waals surface area contributed by atoms with Crippen LogP contribution in [0, 0.1) is 5.82 Å². The zero-order valence-corrected chi connectivity index (χ0v) is 18.6. The minimum atomic E-state index is -0.792. The third-order valence-electron chi connectivity index (χ3n) is 5.45. The highest BCUT2D eigenvalue weighted by Gasteiger charge is 2.42. The highest BCUT2D eigenvalue weighted by Crippen LogP contribution is 2.45. The molecule has 0 N–H and O–H groups in total. The van der Waals surface area contributed by atoms with Gasteiger partial charge in [-0.2, -0.15) is 0 Å². The number of benzene rings is 1. The van der Waals surface area contributed by atoms with Gasteiger partial charge in [0.2, 0.25) is 5.91 Å². The normalized spacial score (nSPS) is 20.5. The molecule has 168 valence electrons. The molecule has 0 aliphatic carbocycles. The number of ether oxygens (including phenoxy) is 2. The fourth-order valence-electron chi connectivity index (χ4n) is 3.91. The summed E-state index contributed by atoms with van der Waals surface area (Å²) in [5, 5.41) is 2.44. The van der Waals surface area contributed by atoms with Crippen molar-refractivity contribution < 1.29 is 23.5 Å². The molecule has 1 aromatic rings. The van der Waals surface area contributed by atoms with Gasteiger partial charge in [0.15, 0.2) is 5.17 Å². The summed E-state index contributed by atoms with van der Waals surface area (Å²) in [6, 6.07) is 5.52. The van der Waals surface area contributed by atoms with Crippen molar-refractivity contribution in [3.63, 3.8) is 0 Å². The molecular weight excluding hydrogens is 433 g/mol. The van der Waals surface area contributed by atoms with Crippen LogP contribution in [0.4, 0.5) is 4.39 Å². The predicted molar refractivity (Wildman–Crippen MR) is 120 cm³/mol. The maximum absolute atomic E-state index is 15.0. The first-order valence-corrected chi connectivity index (χ1v) is 11.2. The Balaban J connectivity index is 1.70. The lowest BCUT2D eigenvalue weighted by Crippen LogP contribution is -2.42. The average Bonchev–Trinajstić information content (AvgIpc) is 3.19. The Hall–Kier alpha value is -2.91. The molecule has 32 heavy (non-hydrogen) atoms. The van der Waals surface area contributed by atoms with Gasteiger partial charge in [0.1, 0.15) is 12.4 Å². The van der Waals surface area contributed by atoms with Crippen LogP contribution in [0.25, 0.3) is 0 Å². The van der Waals surface area contributed by atoms with Gasteiger partial charge in [-0.05, 0) is 18.4 Å². The van der Waals surface area contributed by atoms with Gasteiger partial charge in [-0.15, -0.1) is 0 Å². The van der Waals surface area contributed by atoms with Gasteiger partial charge < -0.3 is 19.3 Å². The van der Waals surface area contributed by atoms with Crippen molar-refractivity contribution in [1.82, 2.24) is 9.80 Å². The van der Waals surface area contributed by atoms with Crippen LogP contribution in [0.3, 0.4) is 0 Å². The number of carbonyl (C=O) groups is 2. The number of carbonyl (C=O) groups excluding carboxylic acids is 2. The van der Waals surface area contributed by atoms with E-state index in [1.807, 2.05) is 5.41 Å². The molecule has 1 aromatic carbocycles. The molecule has 3 heterocycles. The van der Waals surface area contributed by atoms with Gasteiger partial charge >= 0.3 is 5.97 Å². The number of thioether (sulfide) groups is 1. The number of allylic oxidation sites excluding steroid dienone is 1. The smallest absolute Gasteiger partial charge is 0.338 e. The first-order valence-electron chi connectivity index (χ1n) is 10.3. The fraction of sp³-hybridized carbons (Fsp3) is 0.348. The summed E-state index contributed by atoms with van der Waals surface area (Å²) in [7, 11) is 0. The molecule has 0 radical (unpaired) electrons. The molecule has 7 nitrogen and oxygen atoms in total. The van der Waals surface area contributed by atoms with Crippen molar-refractivity contribution >= 4 is 28.8 Å². The SMILES string of the molecule is C=CCOC(=O)C1=C(C)N=C2SC=C(CC(=O)N3CCOCC3)N2C1c1ccccc1F. The number of morpholine rings is 1. The van der Waals surface area contributed by atoms with Crippen molar-refractivity contribution in [3.8, 4) is 0 Å². The molecule has 0 bridgehead atoms. The number of esters is 1. The molecule has 4 rings (SSSR count). The molecular formula is C23H24FN3O4S. The number of hydrogen-bond donors (Lipinski definition) is 0. The average molecular weight is 458 g/mol. The lowest BCUT2D eigenvalue weighted by molar-refractivity contribution is -0.138. The Morgan fingerprint density at radius 1 is 1.34 bits per heavy atom. The molecule has 1 unspecified atom stereocenters. The van der Waals surface area contributed by atoms with Crippen LogP contribution in [0.1, 0.15) is 24.9 Å². The van der Waals surface area contributed by atoms with Gasteiger partial charge in [0.25, 0.3) is 0 Å². The quantitative estimate of drug-likeness (QED) is 0.482. The molecule has 3 aliphatic rings. The van der Waals surface area contributed by atoms with E-state index in [1.54, 1.807) is 34.9 Å². The van der Waals surface area contributed by atoms with Crippen LogP contribution in [0.5, 0.6) is 0 Å². The summed E-state index contributed by atoms with van der Waals surface area (Å²) >= 11 is 1.36. The van der Waals surface area contributed by atoms with Crippen molar-refractivity contribution in [1.29, 1.82) is 0 Å². The van der Waals surface area contributed by atoms with Crippen LogP contribution in [-0.2, 0) is 19.1 Å². The van der Waals surface area contributed by atoms with E-state index in [1.165, 1.54) is 23.9 Å². The molecule has 1 fully saturated rings. The number of amides is 1. The molecule has 0 spiro atoms. The molecule has 3 aliphatic heterocycles. The number of halogens is 1. The zero-order valence-electron chi connectivity index (χ0n) is 17.8. The van der Waals surface area contributed by atoms with Crippen LogP contribution in [0.15, 0.2) is 64.3 Å². The zero-order chi connectivity index (χ0) is 22.7. The lowest BCUT2D eigenvalue weighted by Gasteiger charge is -2.37. The van der Waals surface area contributed by atoms with E-state index < -0.39 is 17.8 Å². The Labute approximate surface area is 190 Å². The summed E-state index contributed by atoms with van der Waals surface area (Å²) in [5.41, 5.74) is 1.69. The van der Waals surface area contributed by atoms with Gasteiger partial charge in [0.05, 0.1) is 36.9 Å². The van der Waals surface area contributed by atoms with Crippen LogP contribution in [-0.4, -0.2) is 59.8 Å². The summed E-state index contributed by atoms with van der Waals surface area (Å²) < 4.78 is 25.6. The molecule has 1 amide bonds. The van der Waals surface area contributed by atoms with E-state index in [0.29, 0.717) is 48.4 Å². The largest absolute Gasteiger partial charge is 0.458 e.